The summed E-state index contributed by atoms with van der Waals surface area (Å²) in [6.45, 7) is 5.72. The van der Waals surface area contributed by atoms with Crippen molar-refractivity contribution in [2.75, 3.05) is 24.5 Å². The highest BCUT2D eigenvalue weighted by molar-refractivity contribution is 6.30. The molecule has 0 radical (unpaired) electrons. The van der Waals surface area contributed by atoms with E-state index in [2.05, 4.69) is 22.1 Å². The Morgan fingerprint density at radius 3 is 3.06 bits per heavy atom. The van der Waals surface area contributed by atoms with Crippen LogP contribution in [0.1, 0.15) is 13.3 Å². The van der Waals surface area contributed by atoms with Gasteiger partial charge in [0.25, 0.3) is 0 Å². The molecular weight excluding hydrogens is 234 g/mol. The quantitative estimate of drug-likeness (QED) is 0.873. The maximum atomic E-state index is 5.89. The molecule has 3 rings (SSSR count). The largest absolute Gasteiger partial charge is 0.353 e. The van der Waals surface area contributed by atoms with Gasteiger partial charge in [0.1, 0.15) is 5.82 Å². The SMILES string of the molecule is CCC1C2CNCC2CN1c1ccc(Cl)cn1. The van der Waals surface area contributed by atoms with Crippen LogP contribution in [0.15, 0.2) is 18.3 Å². The predicted molar refractivity (Wildman–Crippen MR) is 70.5 cm³/mol. The van der Waals surface area contributed by atoms with Crippen LogP contribution in [0.4, 0.5) is 5.82 Å². The maximum absolute atomic E-state index is 5.89. The number of aromatic nitrogens is 1. The van der Waals surface area contributed by atoms with E-state index in [4.69, 9.17) is 11.6 Å². The Labute approximate surface area is 107 Å². The van der Waals surface area contributed by atoms with Crippen molar-refractivity contribution in [2.45, 2.75) is 19.4 Å². The zero-order chi connectivity index (χ0) is 11.8. The number of nitrogens with zero attached hydrogens (tertiary/aromatic N) is 2. The molecule has 1 N–H and O–H groups in total. The predicted octanol–water partition coefficient (Wildman–Crippen LogP) is 2.17. The van der Waals surface area contributed by atoms with Crippen LogP contribution in [0.25, 0.3) is 0 Å². The smallest absolute Gasteiger partial charge is 0.128 e. The number of rotatable bonds is 2. The zero-order valence-electron chi connectivity index (χ0n) is 10.1. The lowest BCUT2D eigenvalue weighted by atomic mass is 9.93. The summed E-state index contributed by atoms with van der Waals surface area (Å²) in [7, 11) is 0. The van der Waals surface area contributed by atoms with E-state index < -0.39 is 0 Å². The van der Waals surface area contributed by atoms with Crippen molar-refractivity contribution in [3.8, 4) is 0 Å². The first-order valence-electron chi connectivity index (χ1n) is 6.38. The molecule has 0 aliphatic carbocycles. The van der Waals surface area contributed by atoms with Crippen LogP contribution in [0.5, 0.6) is 0 Å². The van der Waals surface area contributed by atoms with E-state index in [1.165, 1.54) is 6.42 Å². The molecule has 2 aliphatic rings. The molecule has 1 aromatic rings. The highest BCUT2D eigenvalue weighted by Crippen LogP contribution is 2.36. The molecule has 4 heteroatoms. The summed E-state index contributed by atoms with van der Waals surface area (Å²) >= 11 is 5.89. The fourth-order valence-corrected chi connectivity index (χ4v) is 3.46. The third-order valence-corrected chi connectivity index (χ3v) is 4.37. The van der Waals surface area contributed by atoms with Crippen molar-refractivity contribution in [3.05, 3.63) is 23.4 Å². The lowest BCUT2D eigenvalue weighted by molar-refractivity contribution is 0.441. The first-order valence-corrected chi connectivity index (χ1v) is 6.76. The third-order valence-electron chi connectivity index (χ3n) is 4.14. The molecule has 0 amide bonds. The molecular formula is C13H18ClN3. The summed E-state index contributed by atoms with van der Waals surface area (Å²) in [5, 5.41) is 4.21. The fraction of sp³-hybridized carbons (Fsp3) is 0.615. The van der Waals surface area contributed by atoms with E-state index in [1.54, 1.807) is 6.20 Å². The summed E-state index contributed by atoms with van der Waals surface area (Å²) in [6.07, 6.45) is 2.93. The van der Waals surface area contributed by atoms with Crippen LogP contribution >= 0.6 is 11.6 Å². The van der Waals surface area contributed by atoms with Crippen LogP contribution < -0.4 is 10.2 Å². The lowest BCUT2D eigenvalue weighted by Gasteiger charge is -2.27. The number of hydrogen-bond acceptors (Lipinski definition) is 3. The Morgan fingerprint density at radius 1 is 1.47 bits per heavy atom. The van der Waals surface area contributed by atoms with Gasteiger partial charge in [-0.05, 0) is 30.4 Å². The first kappa shape index (κ1) is 11.3. The zero-order valence-corrected chi connectivity index (χ0v) is 10.8. The van der Waals surface area contributed by atoms with Gasteiger partial charge in [-0.25, -0.2) is 4.98 Å². The standard InChI is InChI=1S/C13H18ClN3/c1-2-12-11-7-15-5-9(11)8-17(12)13-4-3-10(14)6-16-13/h3-4,6,9,11-12,15H,2,5,7-8H2,1H3. The van der Waals surface area contributed by atoms with Crippen molar-refractivity contribution >= 4 is 17.4 Å². The van der Waals surface area contributed by atoms with E-state index in [1.807, 2.05) is 12.1 Å². The van der Waals surface area contributed by atoms with Gasteiger partial charge < -0.3 is 10.2 Å². The Hall–Kier alpha value is -0.800. The molecule has 92 valence electrons. The second kappa shape index (κ2) is 4.46. The Kier molecular flexibility index (Phi) is 2.97. The van der Waals surface area contributed by atoms with Crippen LogP contribution in [0.2, 0.25) is 5.02 Å². The molecule has 2 saturated heterocycles. The molecule has 3 nitrogen and oxygen atoms in total. The van der Waals surface area contributed by atoms with E-state index in [9.17, 15) is 0 Å². The molecule has 0 spiro atoms. The average molecular weight is 252 g/mol. The lowest BCUT2D eigenvalue weighted by Crippen LogP contribution is -2.35. The van der Waals surface area contributed by atoms with Crippen molar-refractivity contribution in [2.24, 2.45) is 11.8 Å². The molecule has 0 bridgehead atoms. The van der Waals surface area contributed by atoms with Crippen LogP contribution in [-0.4, -0.2) is 30.7 Å². The minimum atomic E-state index is 0.628. The van der Waals surface area contributed by atoms with E-state index in [0.717, 1.165) is 37.3 Å². The molecule has 2 fully saturated rings. The second-order valence-corrected chi connectivity index (χ2v) is 5.48. The first-order chi connectivity index (χ1) is 8.29. The van der Waals surface area contributed by atoms with E-state index >= 15 is 0 Å². The monoisotopic (exact) mass is 251 g/mol. The number of pyridine rings is 1. The average Bonchev–Trinajstić information content (AvgIpc) is 2.89. The molecule has 17 heavy (non-hydrogen) atoms. The molecule has 2 aliphatic heterocycles. The number of anilines is 1. The van der Waals surface area contributed by atoms with Gasteiger partial charge in [0.15, 0.2) is 0 Å². The summed E-state index contributed by atoms with van der Waals surface area (Å²) < 4.78 is 0. The molecule has 3 unspecified atom stereocenters. The molecule has 0 saturated carbocycles. The van der Waals surface area contributed by atoms with Gasteiger partial charge >= 0.3 is 0 Å². The maximum Gasteiger partial charge on any atom is 0.128 e. The van der Waals surface area contributed by atoms with Crippen molar-refractivity contribution < 1.29 is 0 Å². The van der Waals surface area contributed by atoms with E-state index in [-0.39, 0.29) is 0 Å². The number of nitrogens with one attached hydrogen (secondary N) is 1. The highest BCUT2D eigenvalue weighted by Gasteiger charge is 2.43. The van der Waals surface area contributed by atoms with E-state index in [0.29, 0.717) is 11.1 Å². The van der Waals surface area contributed by atoms with Crippen LogP contribution in [-0.2, 0) is 0 Å². The Bertz CT molecular complexity index is 392. The molecule has 0 aromatic carbocycles. The summed E-state index contributed by atoms with van der Waals surface area (Å²) in [5.74, 6) is 2.66. The molecule has 3 atom stereocenters. The van der Waals surface area contributed by atoms with Gasteiger partial charge in [0, 0.05) is 31.9 Å². The Balaban J connectivity index is 1.85. The number of halogens is 1. The van der Waals surface area contributed by atoms with Gasteiger partial charge in [-0.1, -0.05) is 18.5 Å². The third kappa shape index (κ3) is 1.91. The second-order valence-electron chi connectivity index (χ2n) is 5.04. The minimum absolute atomic E-state index is 0.628. The van der Waals surface area contributed by atoms with Gasteiger partial charge in [0.2, 0.25) is 0 Å². The van der Waals surface area contributed by atoms with Gasteiger partial charge in [-0.3, -0.25) is 0 Å². The topological polar surface area (TPSA) is 28.2 Å². The highest BCUT2D eigenvalue weighted by atomic mass is 35.5. The number of fused-ring (bicyclic) bond motifs is 1. The van der Waals surface area contributed by atoms with Crippen molar-refractivity contribution in [3.63, 3.8) is 0 Å². The summed E-state index contributed by atoms with van der Waals surface area (Å²) in [4.78, 5) is 6.92. The Morgan fingerprint density at radius 2 is 2.35 bits per heavy atom. The minimum Gasteiger partial charge on any atom is -0.353 e. The van der Waals surface area contributed by atoms with Gasteiger partial charge in [-0.2, -0.15) is 0 Å². The van der Waals surface area contributed by atoms with Crippen molar-refractivity contribution in [1.29, 1.82) is 0 Å². The van der Waals surface area contributed by atoms with Crippen molar-refractivity contribution in [1.82, 2.24) is 10.3 Å². The number of hydrogen-bond donors (Lipinski definition) is 1. The summed E-state index contributed by atoms with van der Waals surface area (Å²) in [5.41, 5.74) is 0. The van der Waals surface area contributed by atoms with Gasteiger partial charge in [0.05, 0.1) is 5.02 Å². The summed E-state index contributed by atoms with van der Waals surface area (Å²) in [6, 6.07) is 4.60. The van der Waals surface area contributed by atoms with Crippen LogP contribution in [0.3, 0.4) is 0 Å². The normalized spacial score (nSPS) is 31.9. The van der Waals surface area contributed by atoms with Gasteiger partial charge in [-0.15, -0.1) is 0 Å². The molecule has 1 aromatic heterocycles. The van der Waals surface area contributed by atoms with Crippen LogP contribution in [0, 0.1) is 11.8 Å². The molecule has 3 heterocycles. The fourth-order valence-electron chi connectivity index (χ4n) is 3.35.